The molecule has 0 amide bonds. The van der Waals surface area contributed by atoms with Crippen LogP contribution in [0.25, 0.3) is 16.7 Å². The molecule has 0 atom stereocenters. The van der Waals surface area contributed by atoms with E-state index < -0.39 is 17.1 Å². The van der Waals surface area contributed by atoms with Gasteiger partial charge in [-0.15, -0.1) is 0 Å². The summed E-state index contributed by atoms with van der Waals surface area (Å²) in [6, 6.07) is 10.6. The smallest absolute Gasteiger partial charge is 0.409 e. The van der Waals surface area contributed by atoms with Crippen molar-refractivity contribution in [1.29, 1.82) is 0 Å². The summed E-state index contributed by atoms with van der Waals surface area (Å²) in [6.45, 7) is 6.21. The molecule has 0 N–H and O–H groups in total. The van der Waals surface area contributed by atoms with E-state index in [-0.39, 0.29) is 16.4 Å². The topological polar surface area (TPSA) is 52.2 Å². The zero-order valence-electron chi connectivity index (χ0n) is 13.1. The summed E-state index contributed by atoms with van der Waals surface area (Å²) in [6.07, 6.45) is 0. The molecular formula is C18H16FNO3. The molecule has 0 saturated heterocycles. The maximum absolute atomic E-state index is 13.4. The van der Waals surface area contributed by atoms with Crippen molar-refractivity contribution in [2.75, 3.05) is 0 Å². The van der Waals surface area contributed by atoms with Gasteiger partial charge in [0.25, 0.3) is 5.56 Å². The third-order valence-electron chi connectivity index (χ3n) is 3.75. The van der Waals surface area contributed by atoms with Crippen molar-refractivity contribution in [3.05, 3.63) is 74.7 Å². The molecule has 118 valence electrons. The molecule has 0 aliphatic carbocycles. The van der Waals surface area contributed by atoms with Crippen LogP contribution in [0.1, 0.15) is 26.3 Å². The van der Waals surface area contributed by atoms with E-state index >= 15 is 0 Å². The minimum Gasteiger partial charge on any atom is -0.409 e. The number of fused-ring (bicyclic) bond motifs is 1. The lowest BCUT2D eigenvalue weighted by Gasteiger charge is -2.19. The van der Waals surface area contributed by atoms with Gasteiger partial charge in [0, 0.05) is 0 Å². The van der Waals surface area contributed by atoms with Crippen LogP contribution < -0.4 is 11.3 Å². The quantitative estimate of drug-likeness (QED) is 0.692. The Balaban J connectivity index is 2.24. The molecule has 23 heavy (non-hydrogen) atoms. The van der Waals surface area contributed by atoms with Gasteiger partial charge in [-0.05, 0) is 41.3 Å². The van der Waals surface area contributed by atoms with Gasteiger partial charge in [0.05, 0.1) is 11.1 Å². The first-order chi connectivity index (χ1) is 10.8. The van der Waals surface area contributed by atoms with Crippen LogP contribution in [0, 0.1) is 5.82 Å². The SMILES string of the molecule is CC(C)(C)c1ccc(-n2c(=O)oc3ccc(F)cc3c2=O)cc1. The van der Waals surface area contributed by atoms with E-state index in [1.54, 1.807) is 12.1 Å². The summed E-state index contributed by atoms with van der Waals surface area (Å²) in [5.41, 5.74) is 0.900. The van der Waals surface area contributed by atoms with Gasteiger partial charge >= 0.3 is 5.76 Å². The molecule has 1 aromatic heterocycles. The fourth-order valence-electron chi connectivity index (χ4n) is 2.43. The van der Waals surface area contributed by atoms with E-state index in [1.165, 1.54) is 6.07 Å². The number of benzene rings is 2. The lowest BCUT2D eigenvalue weighted by Crippen LogP contribution is -2.31. The lowest BCUT2D eigenvalue weighted by molar-refractivity contribution is 0.502. The number of rotatable bonds is 1. The number of hydrogen-bond donors (Lipinski definition) is 0. The summed E-state index contributed by atoms with van der Waals surface area (Å²) in [5.74, 6) is -1.35. The monoisotopic (exact) mass is 313 g/mol. The van der Waals surface area contributed by atoms with Crippen LogP contribution >= 0.6 is 0 Å². The summed E-state index contributed by atoms with van der Waals surface area (Å²) < 4.78 is 19.4. The molecule has 0 fully saturated rings. The molecule has 0 spiro atoms. The highest BCUT2D eigenvalue weighted by molar-refractivity contribution is 5.75. The van der Waals surface area contributed by atoms with Crippen molar-refractivity contribution >= 4 is 11.0 Å². The molecule has 0 bridgehead atoms. The van der Waals surface area contributed by atoms with Gasteiger partial charge in [-0.25, -0.2) is 13.8 Å². The first kappa shape index (κ1) is 15.2. The standard InChI is InChI=1S/C18H16FNO3/c1-18(2,3)11-4-7-13(8-5-11)20-16(21)14-10-12(19)6-9-15(14)23-17(20)22/h4-10H,1-3H3. The molecule has 3 rings (SSSR count). The first-order valence-electron chi connectivity index (χ1n) is 7.24. The van der Waals surface area contributed by atoms with Crippen LogP contribution in [-0.2, 0) is 5.41 Å². The number of hydrogen-bond acceptors (Lipinski definition) is 3. The molecule has 2 aromatic carbocycles. The van der Waals surface area contributed by atoms with Gasteiger partial charge < -0.3 is 4.42 Å². The minimum atomic E-state index is -0.794. The highest BCUT2D eigenvalue weighted by Gasteiger charge is 2.15. The van der Waals surface area contributed by atoms with E-state index in [0.717, 1.165) is 22.3 Å². The van der Waals surface area contributed by atoms with Crippen molar-refractivity contribution in [1.82, 2.24) is 4.57 Å². The van der Waals surface area contributed by atoms with E-state index in [1.807, 2.05) is 12.1 Å². The van der Waals surface area contributed by atoms with Gasteiger partial charge in [-0.3, -0.25) is 4.79 Å². The fraction of sp³-hybridized carbons (Fsp3) is 0.222. The normalized spacial score (nSPS) is 11.8. The van der Waals surface area contributed by atoms with Crippen LogP contribution in [-0.4, -0.2) is 4.57 Å². The number of aromatic nitrogens is 1. The van der Waals surface area contributed by atoms with Gasteiger partial charge in [-0.2, -0.15) is 0 Å². The highest BCUT2D eigenvalue weighted by atomic mass is 19.1. The Bertz CT molecular complexity index is 992. The fourth-order valence-corrected chi connectivity index (χ4v) is 2.43. The summed E-state index contributed by atoms with van der Waals surface area (Å²) in [7, 11) is 0. The van der Waals surface area contributed by atoms with Crippen molar-refractivity contribution < 1.29 is 8.81 Å². The third-order valence-corrected chi connectivity index (χ3v) is 3.75. The molecule has 3 aromatic rings. The van der Waals surface area contributed by atoms with Gasteiger partial charge in [0.2, 0.25) is 0 Å². The maximum Gasteiger partial charge on any atom is 0.426 e. The van der Waals surface area contributed by atoms with Crippen LogP contribution in [0.2, 0.25) is 0 Å². The Morgan fingerprint density at radius 3 is 2.26 bits per heavy atom. The first-order valence-corrected chi connectivity index (χ1v) is 7.24. The molecular weight excluding hydrogens is 297 g/mol. The molecule has 0 saturated carbocycles. The molecule has 4 nitrogen and oxygen atoms in total. The number of halogens is 1. The van der Waals surface area contributed by atoms with E-state index in [0.29, 0.717) is 5.69 Å². The predicted octanol–water partition coefficient (Wildman–Crippen LogP) is 3.38. The molecule has 0 radical (unpaired) electrons. The van der Waals surface area contributed by atoms with Gasteiger partial charge in [0.1, 0.15) is 11.4 Å². The highest BCUT2D eigenvalue weighted by Crippen LogP contribution is 2.22. The number of nitrogens with zero attached hydrogens (tertiary/aromatic N) is 1. The second-order valence-corrected chi connectivity index (χ2v) is 6.45. The van der Waals surface area contributed by atoms with E-state index in [2.05, 4.69) is 20.8 Å². The third kappa shape index (κ3) is 2.70. The predicted molar refractivity (Wildman–Crippen MR) is 86.7 cm³/mol. The molecule has 0 aliphatic rings. The van der Waals surface area contributed by atoms with Gasteiger partial charge in [0.15, 0.2) is 0 Å². The second kappa shape index (κ2) is 5.19. The molecule has 1 heterocycles. The largest absolute Gasteiger partial charge is 0.426 e. The van der Waals surface area contributed by atoms with E-state index in [9.17, 15) is 14.0 Å². The summed E-state index contributed by atoms with van der Waals surface area (Å²) in [5, 5.41) is 0.0319. The molecule has 0 aliphatic heterocycles. The van der Waals surface area contributed by atoms with Crippen molar-refractivity contribution in [2.45, 2.75) is 26.2 Å². The second-order valence-electron chi connectivity index (χ2n) is 6.45. The summed E-state index contributed by atoms with van der Waals surface area (Å²) in [4.78, 5) is 24.6. The Labute approximate surface area is 131 Å². The van der Waals surface area contributed by atoms with E-state index in [4.69, 9.17) is 4.42 Å². The lowest BCUT2D eigenvalue weighted by atomic mass is 9.87. The van der Waals surface area contributed by atoms with Crippen LogP contribution in [0.15, 0.2) is 56.5 Å². The Morgan fingerprint density at radius 1 is 1.00 bits per heavy atom. The van der Waals surface area contributed by atoms with Crippen molar-refractivity contribution in [2.24, 2.45) is 0 Å². The Hall–Kier alpha value is -2.69. The van der Waals surface area contributed by atoms with Crippen LogP contribution in [0.5, 0.6) is 0 Å². The molecule has 5 heteroatoms. The Kier molecular flexibility index (Phi) is 3.43. The maximum atomic E-state index is 13.4. The van der Waals surface area contributed by atoms with Crippen molar-refractivity contribution in [3.63, 3.8) is 0 Å². The molecule has 0 unspecified atom stereocenters. The minimum absolute atomic E-state index is 0.0319. The van der Waals surface area contributed by atoms with Crippen molar-refractivity contribution in [3.8, 4) is 5.69 Å². The summed E-state index contributed by atoms with van der Waals surface area (Å²) >= 11 is 0. The van der Waals surface area contributed by atoms with Crippen LogP contribution in [0.4, 0.5) is 4.39 Å². The zero-order chi connectivity index (χ0) is 16.8. The van der Waals surface area contributed by atoms with Gasteiger partial charge in [-0.1, -0.05) is 32.9 Å². The average molecular weight is 313 g/mol. The van der Waals surface area contributed by atoms with Crippen LogP contribution in [0.3, 0.4) is 0 Å². The average Bonchev–Trinajstić information content (AvgIpc) is 2.48. The zero-order valence-corrected chi connectivity index (χ0v) is 13.1. The Morgan fingerprint density at radius 2 is 1.65 bits per heavy atom.